The van der Waals surface area contributed by atoms with E-state index in [0.717, 1.165) is 12.1 Å². The van der Waals surface area contributed by atoms with Crippen molar-refractivity contribution in [3.63, 3.8) is 0 Å². The fraction of sp³-hybridized carbons (Fsp3) is 0.467. The molecule has 2 N–H and O–H groups in total. The van der Waals surface area contributed by atoms with E-state index in [1.165, 1.54) is 12.1 Å². The highest BCUT2D eigenvalue weighted by atomic mass is 19.4. The average Bonchev–Trinajstić information content (AvgIpc) is 3.07. The normalized spacial score (nSPS) is 29.5. The molecule has 4 atom stereocenters. The molecule has 2 aliphatic heterocycles. The van der Waals surface area contributed by atoms with Crippen LogP contribution in [0.1, 0.15) is 18.4 Å². The van der Waals surface area contributed by atoms with E-state index in [0.29, 0.717) is 12.8 Å². The van der Waals surface area contributed by atoms with Crippen molar-refractivity contribution in [3.05, 3.63) is 29.8 Å². The van der Waals surface area contributed by atoms with Crippen LogP contribution in [0, 0.1) is 11.8 Å². The number of aliphatic carboxylic acids is 1. The molecule has 5 nitrogen and oxygen atoms in total. The van der Waals surface area contributed by atoms with Crippen molar-refractivity contribution in [2.75, 3.05) is 5.32 Å². The zero-order valence-corrected chi connectivity index (χ0v) is 11.8. The number of amides is 1. The fourth-order valence-corrected chi connectivity index (χ4v) is 3.32. The van der Waals surface area contributed by atoms with Gasteiger partial charge >= 0.3 is 12.1 Å². The van der Waals surface area contributed by atoms with Gasteiger partial charge in [-0.15, -0.1) is 0 Å². The van der Waals surface area contributed by atoms with Gasteiger partial charge in [-0.2, -0.15) is 13.2 Å². The number of halogens is 3. The molecule has 0 spiro atoms. The molecule has 8 heteroatoms. The molecule has 1 amide bonds. The quantitative estimate of drug-likeness (QED) is 0.893. The van der Waals surface area contributed by atoms with Gasteiger partial charge in [-0.3, -0.25) is 9.59 Å². The third-order valence-electron chi connectivity index (χ3n) is 4.32. The highest BCUT2D eigenvalue weighted by Crippen LogP contribution is 2.44. The van der Waals surface area contributed by atoms with Crippen molar-refractivity contribution in [2.45, 2.75) is 31.2 Å². The minimum atomic E-state index is -4.51. The third-order valence-corrected chi connectivity index (χ3v) is 4.32. The second-order valence-corrected chi connectivity index (χ2v) is 5.75. The summed E-state index contributed by atoms with van der Waals surface area (Å²) in [4.78, 5) is 23.7. The summed E-state index contributed by atoms with van der Waals surface area (Å²) >= 11 is 0. The largest absolute Gasteiger partial charge is 0.481 e. The van der Waals surface area contributed by atoms with E-state index >= 15 is 0 Å². The van der Waals surface area contributed by atoms with Gasteiger partial charge in [0.1, 0.15) is 0 Å². The van der Waals surface area contributed by atoms with E-state index in [1.807, 2.05) is 0 Å². The summed E-state index contributed by atoms with van der Waals surface area (Å²) in [6.07, 6.45) is -4.36. The first kappa shape index (κ1) is 15.8. The van der Waals surface area contributed by atoms with Gasteiger partial charge in [-0.1, -0.05) is 6.07 Å². The Labute approximate surface area is 129 Å². The smallest absolute Gasteiger partial charge is 0.416 e. The maximum Gasteiger partial charge on any atom is 0.416 e. The molecule has 2 bridgehead atoms. The van der Waals surface area contributed by atoms with Crippen molar-refractivity contribution in [1.29, 1.82) is 0 Å². The molecule has 23 heavy (non-hydrogen) atoms. The molecule has 2 fully saturated rings. The van der Waals surface area contributed by atoms with Crippen molar-refractivity contribution in [2.24, 2.45) is 11.8 Å². The van der Waals surface area contributed by atoms with Crippen LogP contribution in [0.2, 0.25) is 0 Å². The van der Waals surface area contributed by atoms with E-state index in [2.05, 4.69) is 5.32 Å². The molecule has 2 saturated heterocycles. The lowest BCUT2D eigenvalue weighted by Crippen LogP contribution is -2.40. The summed E-state index contributed by atoms with van der Waals surface area (Å²) in [5.74, 6) is -3.59. The summed E-state index contributed by atoms with van der Waals surface area (Å²) in [7, 11) is 0. The first-order valence-electron chi connectivity index (χ1n) is 7.14. The Bertz CT molecular complexity index is 646. The highest BCUT2D eigenvalue weighted by Gasteiger charge is 2.55. The van der Waals surface area contributed by atoms with E-state index in [-0.39, 0.29) is 5.69 Å². The fourth-order valence-electron chi connectivity index (χ4n) is 3.32. The molecule has 0 radical (unpaired) electrons. The van der Waals surface area contributed by atoms with Crippen LogP contribution in [0.15, 0.2) is 24.3 Å². The number of carboxylic acids is 1. The molecule has 124 valence electrons. The zero-order chi connectivity index (χ0) is 16.8. The lowest BCUT2D eigenvalue weighted by Gasteiger charge is -2.24. The lowest BCUT2D eigenvalue weighted by atomic mass is 9.78. The standard InChI is InChI=1S/C15H14F3NO4/c16-15(17,18)7-2-1-3-8(6-7)19-13(20)11-9-4-5-10(23-9)12(11)14(21)22/h1-3,6,9-12H,4-5H2,(H,19,20)(H,21,22)/t9-,10+,11+,12+/m1/s1. The number of benzene rings is 1. The SMILES string of the molecule is O=C(O)[C@@H]1[C@@H](C(=O)Nc2cccc(C(F)(F)F)c2)[C@H]2CC[C@@H]1O2. The Morgan fingerprint density at radius 3 is 2.43 bits per heavy atom. The van der Waals surface area contributed by atoms with Crippen molar-refractivity contribution >= 4 is 17.6 Å². The van der Waals surface area contributed by atoms with E-state index in [4.69, 9.17) is 4.74 Å². The zero-order valence-electron chi connectivity index (χ0n) is 11.8. The van der Waals surface area contributed by atoms with E-state index in [9.17, 15) is 27.9 Å². The summed E-state index contributed by atoms with van der Waals surface area (Å²) in [6.45, 7) is 0. The molecule has 3 rings (SSSR count). The van der Waals surface area contributed by atoms with Gasteiger partial charge in [0.2, 0.25) is 5.91 Å². The Kier molecular flexibility index (Phi) is 3.79. The van der Waals surface area contributed by atoms with Crippen LogP contribution < -0.4 is 5.32 Å². The number of nitrogens with one attached hydrogen (secondary N) is 1. The predicted octanol–water partition coefficient (Wildman–Crippen LogP) is 2.52. The molecule has 2 heterocycles. The monoisotopic (exact) mass is 329 g/mol. The van der Waals surface area contributed by atoms with Crippen molar-refractivity contribution < 1.29 is 32.6 Å². The second kappa shape index (κ2) is 5.52. The Morgan fingerprint density at radius 1 is 1.17 bits per heavy atom. The van der Waals surface area contributed by atoms with Crippen LogP contribution >= 0.6 is 0 Å². The maximum absolute atomic E-state index is 12.7. The number of carbonyl (C=O) groups excluding carboxylic acids is 1. The van der Waals surface area contributed by atoms with Crippen LogP contribution in [-0.4, -0.2) is 29.2 Å². The van der Waals surface area contributed by atoms with Gasteiger partial charge in [-0.25, -0.2) is 0 Å². The molecule has 0 unspecified atom stereocenters. The van der Waals surface area contributed by atoms with Gasteiger partial charge in [0.15, 0.2) is 0 Å². The number of hydrogen-bond acceptors (Lipinski definition) is 3. The van der Waals surface area contributed by atoms with Crippen LogP contribution in [0.4, 0.5) is 18.9 Å². The molecular weight excluding hydrogens is 315 g/mol. The Hall–Kier alpha value is -2.09. The topological polar surface area (TPSA) is 75.6 Å². The number of carboxylic acid groups (broad SMARTS) is 1. The van der Waals surface area contributed by atoms with Gasteiger partial charge in [0.05, 0.1) is 29.6 Å². The van der Waals surface area contributed by atoms with Crippen LogP contribution in [0.25, 0.3) is 0 Å². The molecule has 2 aliphatic rings. The molecule has 0 saturated carbocycles. The molecule has 1 aromatic rings. The summed E-state index contributed by atoms with van der Waals surface area (Å²) in [5.41, 5.74) is -0.897. The minimum Gasteiger partial charge on any atom is -0.481 e. The number of carbonyl (C=O) groups is 2. The van der Waals surface area contributed by atoms with Crippen molar-refractivity contribution in [3.8, 4) is 0 Å². The van der Waals surface area contributed by atoms with Gasteiger partial charge in [-0.05, 0) is 31.0 Å². The van der Waals surface area contributed by atoms with Crippen LogP contribution in [0.3, 0.4) is 0 Å². The number of hydrogen-bond donors (Lipinski definition) is 2. The van der Waals surface area contributed by atoms with Gasteiger partial charge in [0.25, 0.3) is 0 Å². The predicted molar refractivity (Wildman–Crippen MR) is 72.6 cm³/mol. The number of rotatable bonds is 3. The van der Waals surface area contributed by atoms with Gasteiger partial charge in [0, 0.05) is 5.69 Å². The van der Waals surface area contributed by atoms with Crippen LogP contribution in [-0.2, 0) is 20.5 Å². The summed E-state index contributed by atoms with van der Waals surface area (Å²) < 4.78 is 43.5. The number of ether oxygens (including phenoxy) is 1. The minimum absolute atomic E-state index is 0.0169. The van der Waals surface area contributed by atoms with Crippen molar-refractivity contribution in [1.82, 2.24) is 0 Å². The second-order valence-electron chi connectivity index (χ2n) is 5.75. The summed E-state index contributed by atoms with van der Waals surface area (Å²) in [5, 5.41) is 11.6. The molecule has 0 aliphatic carbocycles. The Morgan fingerprint density at radius 2 is 1.83 bits per heavy atom. The first-order valence-corrected chi connectivity index (χ1v) is 7.14. The van der Waals surface area contributed by atoms with Crippen LogP contribution in [0.5, 0.6) is 0 Å². The number of alkyl halides is 3. The molecule has 1 aromatic carbocycles. The molecule has 0 aromatic heterocycles. The van der Waals surface area contributed by atoms with E-state index < -0.39 is 47.7 Å². The third kappa shape index (κ3) is 2.90. The number of anilines is 1. The summed E-state index contributed by atoms with van der Waals surface area (Å²) in [6, 6.07) is 4.24. The highest BCUT2D eigenvalue weighted by molar-refractivity contribution is 5.96. The Balaban J connectivity index is 1.78. The molecular formula is C15H14F3NO4. The lowest BCUT2D eigenvalue weighted by molar-refractivity contribution is -0.147. The first-order chi connectivity index (χ1) is 10.8. The number of fused-ring (bicyclic) bond motifs is 2. The maximum atomic E-state index is 12.7. The average molecular weight is 329 g/mol. The van der Waals surface area contributed by atoms with Gasteiger partial charge < -0.3 is 15.2 Å². The van der Waals surface area contributed by atoms with E-state index in [1.54, 1.807) is 0 Å².